The normalized spacial score (nSPS) is 11.0. The molecule has 5 rings (SSSR count). The molecule has 0 aliphatic heterocycles. The van der Waals surface area contributed by atoms with Crippen LogP contribution in [0.5, 0.6) is 0 Å². The molecule has 5 aromatic rings. The third kappa shape index (κ3) is 4.33. The fourth-order valence-corrected chi connectivity index (χ4v) is 4.50. The van der Waals surface area contributed by atoms with Crippen LogP contribution in [-0.2, 0) is 7.05 Å². The molecule has 0 saturated heterocycles. The predicted octanol–water partition coefficient (Wildman–Crippen LogP) is 6.71. The molecule has 0 aliphatic rings. The van der Waals surface area contributed by atoms with Gasteiger partial charge in [0.25, 0.3) is 0 Å². The maximum Gasteiger partial charge on any atom is 0.242 e. The van der Waals surface area contributed by atoms with E-state index in [-0.39, 0.29) is 5.78 Å². The minimum atomic E-state index is -0.195. The number of rotatable bonds is 6. The summed E-state index contributed by atoms with van der Waals surface area (Å²) in [5, 5.41) is 7.81. The van der Waals surface area contributed by atoms with E-state index in [0.717, 1.165) is 22.4 Å². The Morgan fingerprint density at radius 1 is 0.909 bits per heavy atom. The number of thiazole rings is 1. The van der Waals surface area contributed by atoms with Crippen molar-refractivity contribution < 1.29 is 4.79 Å². The Morgan fingerprint density at radius 2 is 1.58 bits per heavy atom. The summed E-state index contributed by atoms with van der Waals surface area (Å²) in [7, 11) is 1.85. The van der Waals surface area contributed by atoms with Crippen molar-refractivity contribution in [2.24, 2.45) is 7.05 Å². The van der Waals surface area contributed by atoms with E-state index in [1.54, 1.807) is 12.1 Å². The molecule has 0 radical (unpaired) electrons. The number of nitrogens with zero attached hydrogens (tertiary/aromatic N) is 3. The molecule has 0 amide bonds. The van der Waals surface area contributed by atoms with Crippen LogP contribution >= 0.6 is 22.9 Å². The van der Waals surface area contributed by atoms with Gasteiger partial charge in [0.05, 0.1) is 11.0 Å². The average molecular weight is 474 g/mol. The van der Waals surface area contributed by atoms with Crippen molar-refractivity contribution >= 4 is 62.1 Å². The second-order valence-electron chi connectivity index (χ2n) is 7.63. The Labute approximate surface area is 199 Å². The first kappa shape index (κ1) is 21.2. The third-order valence-corrected chi connectivity index (χ3v) is 6.45. The molecule has 0 atom stereocenters. The molecule has 0 bridgehead atoms. The van der Waals surface area contributed by atoms with Gasteiger partial charge in [-0.05, 0) is 55.5 Å². The van der Waals surface area contributed by atoms with E-state index in [1.807, 2.05) is 79.2 Å². The zero-order valence-corrected chi connectivity index (χ0v) is 19.5. The first-order chi connectivity index (χ1) is 16.0. The van der Waals surface area contributed by atoms with E-state index in [2.05, 4.69) is 20.6 Å². The average Bonchev–Trinajstić information content (AvgIpc) is 3.37. The Bertz CT molecular complexity index is 1450. The number of carbonyl (C=O) groups is 1. The Kier molecular flexibility index (Phi) is 5.58. The molecular formula is C25H20ClN5OS. The molecule has 6 nitrogen and oxygen atoms in total. The highest BCUT2D eigenvalue weighted by Crippen LogP contribution is 2.34. The highest BCUT2D eigenvalue weighted by molar-refractivity contribution is 7.18. The number of ketones is 1. The Hall–Kier alpha value is -3.68. The summed E-state index contributed by atoms with van der Waals surface area (Å²) >= 11 is 7.31. The van der Waals surface area contributed by atoms with Crippen molar-refractivity contribution in [2.45, 2.75) is 6.92 Å². The molecule has 0 fully saturated rings. The number of hydrogen-bond acceptors (Lipinski definition) is 6. The van der Waals surface area contributed by atoms with Gasteiger partial charge in [0.2, 0.25) is 5.78 Å². The van der Waals surface area contributed by atoms with Crippen LogP contribution in [0.15, 0.2) is 72.8 Å². The highest BCUT2D eigenvalue weighted by atomic mass is 35.5. The van der Waals surface area contributed by atoms with Crippen LogP contribution in [0, 0.1) is 6.92 Å². The van der Waals surface area contributed by atoms with Gasteiger partial charge >= 0.3 is 0 Å². The Morgan fingerprint density at radius 3 is 2.30 bits per heavy atom. The molecule has 0 unspecified atom stereocenters. The van der Waals surface area contributed by atoms with E-state index >= 15 is 0 Å². The highest BCUT2D eigenvalue weighted by Gasteiger charge is 2.24. The zero-order chi connectivity index (χ0) is 22.9. The summed E-state index contributed by atoms with van der Waals surface area (Å²) in [6, 6.07) is 23.0. The van der Waals surface area contributed by atoms with Gasteiger partial charge in [-0.2, -0.15) is 0 Å². The van der Waals surface area contributed by atoms with Gasteiger partial charge in [-0.15, -0.1) is 0 Å². The number of benzene rings is 3. The lowest BCUT2D eigenvalue weighted by atomic mass is 10.2. The number of nitrogens with one attached hydrogen (secondary N) is 2. The lowest BCUT2D eigenvalue weighted by molar-refractivity contribution is 0.103. The van der Waals surface area contributed by atoms with E-state index in [1.165, 1.54) is 16.9 Å². The van der Waals surface area contributed by atoms with E-state index in [4.69, 9.17) is 11.6 Å². The smallest absolute Gasteiger partial charge is 0.242 e. The standard InChI is InChI=1S/C25H20ClN5OS/c1-15-7-11-18(12-8-15)28-25-30-23(27-17-13-9-16(26)10-14-17)22(33-25)21(32)24-29-19-5-3-4-6-20(19)31(24)2/h3-14,27H,1-2H3,(H,28,30). The third-order valence-electron chi connectivity index (χ3n) is 5.23. The van der Waals surface area contributed by atoms with Crippen LogP contribution in [-0.4, -0.2) is 20.3 Å². The van der Waals surface area contributed by atoms with Crippen molar-refractivity contribution in [3.05, 3.63) is 94.1 Å². The maximum absolute atomic E-state index is 13.6. The lowest BCUT2D eigenvalue weighted by Gasteiger charge is -2.06. The number of anilines is 4. The number of carbonyl (C=O) groups excluding carboxylic acids is 1. The monoisotopic (exact) mass is 473 g/mol. The number of hydrogen-bond donors (Lipinski definition) is 2. The minimum absolute atomic E-state index is 0.195. The summed E-state index contributed by atoms with van der Waals surface area (Å²) < 4.78 is 1.82. The summed E-state index contributed by atoms with van der Waals surface area (Å²) in [6.07, 6.45) is 0. The molecule has 2 N–H and O–H groups in total. The second-order valence-corrected chi connectivity index (χ2v) is 9.07. The van der Waals surface area contributed by atoms with Crippen LogP contribution in [0.1, 0.15) is 21.1 Å². The molecule has 8 heteroatoms. The van der Waals surface area contributed by atoms with E-state index in [9.17, 15) is 4.79 Å². The summed E-state index contributed by atoms with van der Waals surface area (Å²) in [5.41, 5.74) is 4.52. The fraction of sp³-hybridized carbons (Fsp3) is 0.0800. The molecule has 2 heterocycles. The second kappa shape index (κ2) is 8.69. The summed E-state index contributed by atoms with van der Waals surface area (Å²) in [6.45, 7) is 2.04. The predicted molar refractivity (Wildman–Crippen MR) is 135 cm³/mol. The molecular weight excluding hydrogens is 454 g/mol. The number of para-hydroxylation sites is 2. The van der Waals surface area contributed by atoms with E-state index in [0.29, 0.717) is 26.7 Å². The number of imidazole rings is 1. The van der Waals surface area contributed by atoms with Gasteiger partial charge in [0, 0.05) is 23.4 Å². The van der Waals surface area contributed by atoms with Crippen LogP contribution in [0.3, 0.4) is 0 Å². The molecule has 0 saturated carbocycles. The first-order valence-corrected chi connectivity index (χ1v) is 11.5. The topological polar surface area (TPSA) is 71.8 Å². The number of aryl methyl sites for hydroxylation is 2. The number of halogens is 1. The van der Waals surface area contributed by atoms with Crippen LogP contribution in [0.4, 0.5) is 22.3 Å². The summed E-state index contributed by atoms with van der Waals surface area (Å²) in [5.74, 6) is 0.634. The van der Waals surface area contributed by atoms with Gasteiger partial charge < -0.3 is 15.2 Å². The molecule has 2 aromatic heterocycles. The molecule has 33 heavy (non-hydrogen) atoms. The quantitative estimate of drug-likeness (QED) is 0.268. The van der Waals surface area contributed by atoms with Gasteiger partial charge in [0.1, 0.15) is 4.88 Å². The molecule has 0 spiro atoms. The lowest BCUT2D eigenvalue weighted by Crippen LogP contribution is -2.09. The van der Waals surface area contributed by atoms with Crippen LogP contribution < -0.4 is 10.6 Å². The summed E-state index contributed by atoms with van der Waals surface area (Å²) in [4.78, 5) is 23.3. The van der Waals surface area contributed by atoms with Crippen molar-refractivity contribution in [3.63, 3.8) is 0 Å². The Balaban J connectivity index is 1.54. The number of fused-ring (bicyclic) bond motifs is 1. The van der Waals surface area contributed by atoms with Gasteiger partial charge in [-0.1, -0.05) is 52.8 Å². The van der Waals surface area contributed by atoms with Crippen molar-refractivity contribution in [2.75, 3.05) is 10.6 Å². The molecule has 3 aromatic carbocycles. The molecule has 0 aliphatic carbocycles. The van der Waals surface area contributed by atoms with Crippen molar-refractivity contribution in [1.29, 1.82) is 0 Å². The van der Waals surface area contributed by atoms with Crippen LogP contribution in [0.25, 0.3) is 11.0 Å². The van der Waals surface area contributed by atoms with Crippen molar-refractivity contribution in [1.82, 2.24) is 14.5 Å². The maximum atomic E-state index is 13.6. The van der Waals surface area contributed by atoms with E-state index < -0.39 is 0 Å². The zero-order valence-electron chi connectivity index (χ0n) is 18.0. The van der Waals surface area contributed by atoms with Gasteiger partial charge in [-0.25, -0.2) is 9.97 Å². The number of aromatic nitrogens is 3. The van der Waals surface area contributed by atoms with Crippen molar-refractivity contribution in [3.8, 4) is 0 Å². The molecule has 164 valence electrons. The van der Waals surface area contributed by atoms with Gasteiger partial charge in [-0.3, -0.25) is 4.79 Å². The van der Waals surface area contributed by atoms with Crippen LogP contribution in [0.2, 0.25) is 5.02 Å². The first-order valence-electron chi connectivity index (χ1n) is 10.3. The van der Waals surface area contributed by atoms with Gasteiger partial charge in [0.15, 0.2) is 16.8 Å². The fourth-order valence-electron chi connectivity index (χ4n) is 3.49. The SMILES string of the molecule is Cc1ccc(Nc2nc(Nc3ccc(Cl)cc3)c(C(=O)c3nc4ccccc4n3C)s2)cc1. The largest absolute Gasteiger partial charge is 0.339 e. The minimum Gasteiger partial charge on any atom is -0.339 e.